The second kappa shape index (κ2) is 7.13. The second-order valence-corrected chi connectivity index (χ2v) is 4.85. The molecule has 0 aliphatic heterocycles. The predicted molar refractivity (Wildman–Crippen MR) is 81.3 cm³/mol. The van der Waals surface area contributed by atoms with E-state index in [9.17, 15) is 10.0 Å². The molecule has 0 atom stereocenters. The number of rotatable bonds is 6. The van der Waals surface area contributed by atoms with E-state index in [1.54, 1.807) is 12.1 Å². The van der Waals surface area contributed by atoms with Crippen molar-refractivity contribution in [3.8, 4) is 5.75 Å². The highest BCUT2D eigenvalue weighted by Gasteiger charge is 2.17. The van der Waals surface area contributed by atoms with Crippen LogP contribution in [0.1, 0.15) is 17.5 Å². The largest absolute Gasteiger partial charge is 0.494 e. The molecule has 0 spiro atoms. The summed E-state index contributed by atoms with van der Waals surface area (Å²) >= 11 is 0. The van der Waals surface area contributed by atoms with Crippen molar-refractivity contribution in [3.63, 3.8) is 0 Å². The minimum Gasteiger partial charge on any atom is -0.494 e. The van der Waals surface area contributed by atoms with Gasteiger partial charge < -0.3 is 14.8 Å². The van der Waals surface area contributed by atoms with Crippen LogP contribution in [0.4, 0.5) is 0 Å². The van der Waals surface area contributed by atoms with E-state index in [1.165, 1.54) is 5.56 Å². The number of benzene rings is 2. The lowest BCUT2D eigenvalue weighted by Crippen LogP contribution is -2.31. The molecule has 0 saturated heterocycles. The Hall–Kier alpha value is -1.78. The lowest BCUT2D eigenvalue weighted by Gasteiger charge is -2.12. The van der Waals surface area contributed by atoms with Crippen LogP contribution in [0, 0.1) is 6.92 Å². The molecule has 4 heteroatoms. The fourth-order valence-corrected chi connectivity index (χ4v) is 2.10. The molecule has 0 aliphatic carbocycles. The van der Waals surface area contributed by atoms with Gasteiger partial charge in [-0.15, -0.1) is 0 Å². The number of aryl methyl sites for hydroxylation is 2. The van der Waals surface area contributed by atoms with Crippen LogP contribution in [0.5, 0.6) is 5.75 Å². The first kappa shape index (κ1) is 14.6. The van der Waals surface area contributed by atoms with Crippen molar-refractivity contribution in [3.05, 3.63) is 59.7 Å². The maximum absolute atomic E-state index is 9.34. The molecular formula is C16H19BO3. The Morgan fingerprint density at radius 3 is 2.50 bits per heavy atom. The van der Waals surface area contributed by atoms with Gasteiger partial charge in [-0.1, -0.05) is 48.0 Å². The Morgan fingerprint density at radius 2 is 1.80 bits per heavy atom. The molecule has 0 aromatic heterocycles. The van der Waals surface area contributed by atoms with E-state index in [-0.39, 0.29) is 0 Å². The average molecular weight is 270 g/mol. The first-order valence-corrected chi connectivity index (χ1v) is 6.80. The summed E-state index contributed by atoms with van der Waals surface area (Å²) in [5.41, 5.74) is 2.68. The van der Waals surface area contributed by atoms with Crippen molar-refractivity contribution in [2.24, 2.45) is 0 Å². The zero-order chi connectivity index (χ0) is 14.4. The molecule has 0 unspecified atom stereocenters. The van der Waals surface area contributed by atoms with E-state index < -0.39 is 7.12 Å². The predicted octanol–water partition coefficient (Wildman–Crippen LogP) is 1.69. The van der Waals surface area contributed by atoms with Gasteiger partial charge in [0.15, 0.2) is 0 Å². The van der Waals surface area contributed by atoms with Gasteiger partial charge >= 0.3 is 7.12 Å². The molecule has 2 rings (SSSR count). The maximum atomic E-state index is 9.34. The van der Waals surface area contributed by atoms with E-state index in [4.69, 9.17) is 4.74 Å². The van der Waals surface area contributed by atoms with Crippen molar-refractivity contribution in [2.75, 3.05) is 6.61 Å². The summed E-state index contributed by atoms with van der Waals surface area (Å²) in [6.07, 6.45) is 1.84. The molecule has 104 valence electrons. The highest BCUT2D eigenvalue weighted by Crippen LogP contribution is 2.11. The fourth-order valence-electron chi connectivity index (χ4n) is 2.10. The van der Waals surface area contributed by atoms with Crippen LogP contribution in [0.15, 0.2) is 48.5 Å². The van der Waals surface area contributed by atoms with E-state index in [0.717, 1.165) is 18.4 Å². The Balaban J connectivity index is 1.88. The van der Waals surface area contributed by atoms with Crippen LogP contribution < -0.4 is 10.2 Å². The molecule has 2 N–H and O–H groups in total. The standard InChI is InChI=1S/C16H19BO3/c1-13-9-10-16(15(12-13)17(18)19)20-11-5-8-14-6-3-2-4-7-14/h2-4,6-7,9-10,12,18-19H,5,8,11H2,1H3. The minimum absolute atomic E-state index is 0.421. The lowest BCUT2D eigenvalue weighted by atomic mass is 9.79. The van der Waals surface area contributed by atoms with Gasteiger partial charge in [-0.3, -0.25) is 0 Å². The van der Waals surface area contributed by atoms with Gasteiger partial charge in [-0.05, 0) is 31.4 Å². The first-order chi connectivity index (χ1) is 9.66. The van der Waals surface area contributed by atoms with E-state index in [0.29, 0.717) is 17.8 Å². The quantitative estimate of drug-likeness (QED) is 0.620. The monoisotopic (exact) mass is 270 g/mol. The highest BCUT2D eigenvalue weighted by atomic mass is 16.5. The SMILES string of the molecule is Cc1ccc(OCCCc2ccccc2)c(B(O)O)c1. The third-order valence-electron chi connectivity index (χ3n) is 3.15. The molecule has 0 saturated carbocycles. The van der Waals surface area contributed by atoms with Crippen LogP contribution in [0.3, 0.4) is 0 Å². The van der Waals surface area contributed by atoms with Gasteiger partial charge in [0, 0.05) is 5.46 Å². The van der Waals surface area contributed by atoms with Gasteiger partial charge in [-0.2, -0.15) is 0 Å². The van der Waals surface area contributed by atoms with Gasteiger partial charge in [-0.25, -0.2) is 0 Å². The van der Waals surface area contributed by atoms with Crippen molar-refractivity contribution in [1.82, 2.24) is 0 Å². The zero-order valence-electron chi connectivity index (χ0n) is 11.6. The van der Waals surface area contributed by atoms with E-state index in [2.05, 4.69) is 12.1 Å². The Kier molecular flexibility index (Phi) is 5.21. The normalized spacial score (nSPS) is 10.3. The molecule has 3 nitrogen and oxygen atoms in total. The first-order valence-electron chi connectivity index (χ1n) is 6.80. The third-order valence-corrected chi connectivity index (χ3v) is 3.15. The molecular weight excluding hydrogens is 251 g/mol. The topological polar surface area (TPSA) is 49.7 Å². The van der Waals surface area contributed by atoms with E-state index in [1.807, 2.05) is 31.2 Å². The van der Waals surface area contributed by atoms with Crippen LogP contribution >= 0.6 is 0 Å². The summed E-state index contributed by atoms with van der Waals surface area (Å²) in [7, 11) is -1.50. The molecule has 20 heavy (non-hydrogen) atoms. The summed E-state index contributed by atoms with van der Waals surface area (Å²) < 4.78 is 5.66. The molecule has 0 heterocycles. The Labute approximate surface area is 120 Å². The van der Waals surface area contributed by atoms with Gasteiger partial charge in [0.25, 0.3) is 0 Å². The van der Waals surface area contributed by atoms with Crippen LogP contribution in [-0.2, 0) is 6.42 Å². The third kappa shape index (κ3) is 4.12. The Morgan fingerprint density at radius 1 is 1.05 bits per heavy atom. The second-order valence-electron chi connectivity index (χ2n) is 4.85. The summed E-state index contributed by atoms with van der Waals surface area (Å²) in [6, 6.07) is 15.7. The van der Waals surface area contributed by atoms with E-state index >= 15 is 0 Å². The average Bonchev–Trinajstić information content (AvgIpc) is 2.45. The van der Waals surface area contributed by atoms with Crippen LogP contribution in [-0.4, -0.2) is 23.8 Å². The highest BCUT2D eigenvalue weighted by molar-refractivity contribution is 6.59. The van der Waals surface area contributed by atoms with Gasteiger partial charge in [0.2, 0.25) is 0 Å². The summed E-state index contributed by atoms with van der Waals surface area (Å²) in [4.78, 5) is 0. The molecule has 2 aromatic rings. The summed E-state index contributed by atoms with van der Waals surface area (Å²) in [5, 5.41) is 18.7. The van der Waals surface area contributed by atoms with Gasteiger partial charge in [0.05, 0.1) is 6.61 Å². The Bertz CT molecular complexity index is 541. The molecule has 2 aromatic carbocycles. The molecule has 0 aliphatic rings. The molecule has 0 amide bonds. The smallest absolute Gasteiger partial charge is 0.492 e. The van der Waals surface area contributed by atoms with Crippen molar-refractivity contribution in [1.29, 1.82) is 0 Å². The molecule has 0 bridgehead atoms. The van der Waals surface area contributed by atoms with Crippen LogP contribution in [0.25, 0.3) is 0 Å². The number of ether oxygens (including phenoxy) is 1. The fraction of sp³-hybridized carbons (Fsp3) is 0.250. The number of hydrogen-bond donors (Lipinski definition) is 2. The van der Waals surface area contributed by atoms with Gasteiger partial charge in [0.1, 0.15) is 5.75 Å². The molecule has 0 fully saturated rings. The lowest BCUT2D eigenvalue weighted by molar-refractivity contribution is 0.311. The number of hydrogen-bond acceptors (Lipinski definition) is 3. The van der Waals surface area contributed by atoms with Crippen LogP contribution in [0.2, 0.25) is 0 Å². The summed E-state index contributed by atoms with van der Waals surface area (Å²) in [5.74, 6) is 0.540. The summed E-state index contributed by atoms with van der Waals surface area (Å²) in [6.45, 7) is 2.46. The zero-order valence-corrected chi connectivity index (χ0v) is 11.6. The van der Waals surface area contributed by atoms with Crippen molar-refractivity contribution in [2.45, 2.75) is 19.8 Å². The minimum atomic E-state index is -1.50. The molecule has 0 radical (unpaired) electrons. The maximum Gasteiger partial charge on any atom is 0.492 e. The van der Waals surface area contributed by atoms with Crippen molar-refractivity contribution >= 4 is 12.6 Å². The van der Waals surface area contributed by atoms with Crippen molar-refractivity contribution < 1.29 is 14.8 Å².